The lowest BCUT2D eigenvalue weighted by Gasteiger charge is -2.02. The molecule has 5 heteroatoms. The van der Waals surface area contributed by atoms with E-state index in [-0.39, 0.29) is 0 Å². The molecule has 0 spiro atoms. The van der Waals surface area contributed by atoms with E-state index in [2.05, 4.69) is 43.6 Å². The first-order chi connectivity index (χ1) is 6.63. The Morgan fingerprint density at radius 1 is 1.50 bits per heavy atom. The molecule has 1 aromatic carbocycles. The molecular weight excluding hydrogens is 359 g/mol. The summed E-state index contributed by atoms with van der Waals surface area (Å²) < 4.78 is 9.23. The summed E-state index contributed by atoms with van der Waals surface area (Å²) in [5.41, 5.74) is 0.947. The van der Waals surface area contributed by atoms with Crippen molar-refractivity contribution in [3.8, 4) is 5.75 Å². The predicted molar refractivity (Wildman–Crippen MR) is 67.7 cm³/mol. The van der Waals surface area contributed by atoms with E-state index in [0.29, 0.717) is 0 Å². The normalized spacial score (nSPS) is 10.9. The zero-order valence-corrected chi connectivity index (χ0v) is 11.5. The molecule has 0 fully saturated rings. The van der Waals surface area contributed by atoms with Gasteiger partial charge in [-0.3, -0.25) is 4.68 Å². The molecule has 74 valence electrons. The van der Waals surface area contributed by atoms with Gasteiger partial charge in [0.15, 0.2) is 0 Å². The van der Waals surface area contributed by atoms with Crippen LogP contribution in [0.1, 0.15) is 0 Å². The maximum atomic E-state index is 5.31. The molecule has 0 atom stereocenters. The molecule has 14 heavy (non-hydrogen) atoms. The summed E-state index contributed by atoms with van der Waals surface area (Å²) in [7, 11) is 3.60. The SMILES string of the molecule is COc1cc(Br)cc2nn(C)c(I)c12. The Bertz CT molecular complexity index is 495. The molecule has 1 aromatic heterocycles. The molecule has 0 aliphatic heterocycles. The minimum absolute atomic E-state index is 0.854. The third-order valence-electron chi connectivity index (χ3n) is 2.01. The first-order valence-corrected chi connectivity index (χ1v) is 5.86. The number of hydrogen-bond acceptors (Lipinski definition) is 2. The zero-order chi connectivity index (χ0) is 10.3. The highest BCUT2D eigenvalue weighted by atomic mass is 127. The van der Waals surface area contributed by atoms with Crippen molar-refractivity contribution in [1.82, 2.24) is 9.78 Å². The minimum Gasteiger partial charge on any atom is -0.496 e. The molecule has 2 aromatic rings. The van der Waals surface area contributed by atoms with E-state index < -0.39 is 0 Å². The highest BCUT2D eigenvalue weighted by molar-refractivity contribution is 14.1. The lowest BCUT2D eigenvalue weighted by molar-refractivity contribution is 0.419. The fourth-order valence-corrected chi connectivity index (χ4v) is 2.46. The maximum absolute atomic E-state index is 5.31. The van der Waals surface area contributed by atoms with Crippen LogP contribution in [0.25, 0.3) is 10.9 Å². The van der Waals surface area contributed by atoms with E-state index in [9.17, 15) is 0 Å². The van der Waals surface area contributed by atoms with Crippen molar-refractivity contribution in [2.45, 2.75) is 0 Å². The van der Waals surface area contributed by atoms with Crippen LogP contribution in [0, 0.1) is 3.70 Å². The number of aromatic nitrogens is 2. The van der Waals surface area contributed by atoms with Crippen LogP contribution >= 0.6 is 38.5 Å². The van der Waals surface area contributed by atoms with Crippen molar-refractivity contribution in [2.24, 2.45) is 7.05 Å². The Balaban J connectivity index is 2.88. The van der Waals surface area contributed by atoms with E-state index in [1.807, 2.05) is 23.9 Å². The molecule has 0 N–H and O–H groups in total. The summed E-state index contributed by atoms with van der Waals surface area (Å²) in [6.45, 7) is 0. The first kappa shape index (κ1) is 10.2. The topological polar surface area (TPSA) is 27.1 Å². The van der Waals surface area contributed by atoms with E-state index in [4.69, 9.17) is 4.74 Å². The average molecular weight is 367 g/mol. The Morgan fingerprint density at radius 3 is 2.86 bits per heavy atom. The van der Waals surface area contributed by atoms with Crippen molar-refractivity contribution in [2.75, 3.05) is 7.11 Å². The van der Waals surface area contributed by atoms with Crippen LogP contribution < -0.4 is 4.74 Å². The summed E-state index contributed by atoms with van der Waals surface area (Å²) in [5, 5.41) is 5.45. The molecule has 0 bridgehead atoms. The van der Waals surface area contributed by atoms with Crippen molar-refractivity contribution in [1.29, 1.82) is 0 Å². The van der Waals surface area contributed by atoms with Gasteiger partial charge >= 0.3 is 0 Å². The van der Waals surface area contributed by atoms with Crippen LogP contribution in [0.2, 0.25) is 0 Å². The molecule has 0 saturated heterocycles. The molecule has 0 aliphatic rings. The molecule has 3 nitrogen and oxygen atoms in total. The van der Waals surface area contributed by atoms with Crippen molar-refractivity contribution in [3.05, 3.63) is 20.3 Å². The monoisotopic (exact) mass is 366 g/mol. The van der Waals surface area contributed by atoms with Crippen LogP contribution in [0.15, 0.2) is 16.6 Å². The molecule has 0 aliphatic carbocycles. The number of fused-ring (bicyclic) bond motifs is 1. The van der Waals surface area contributed by atoms with Gasteiger partial charge in [0.1, 0.15) is 9.45 Å². The highest BCUT2D eigenvalue weighted by Crippen LogP contribution is 2.32. The van der Waals surface area contributed by atoms with Gasteiger partial charge in [0.2, 0.25) is 0 Å². The van der Waals surface area contributed by atoms with E-state index in [0.717, 1.165) is 24.8 Å². The Labute approximate surface area is 104 Å². The lowest BCUT2D eigenvalue weighted by Crippen LogP contribution is -1.91. The van der Waals surface area contributed by atoms with Crippen molar-refractivity contribution < 1.29 is 4.74 Å². The largest absolute Gasteiger partial charge is 0.496 e. The van der Waals surface area contributed by atoms with Gasteiger partial charge in [-0.25, -0.2) is 0 Å². The second kappa shape index (κ2) is 3.69. The smallest absolute Gasteiger partial charge is 0.132 e. The van der Waals surface area contributed by atoms with E-state index in [1.165, 1.54) is 0 Å². The summed E-state index contributed by atoms with van der Waals surface area (Å²) in [4.78, 5) is 0. The molecule has 0 radical (unpaired) electrons. The zero-order valence-electron chi connectivity index (χ0n) is 7.71. The van der Waals surface area contributed by atoms with Gasteiger partial charge < -0.3 is 4.74 Å². The Morgan fingerprint density at radius 2 is 2.21 bits per heavy atom. The van der Waals surface area contributed by atoms with E-state index >= 15 is 0 Å². The van der Waals surface area contributed by atoms with Gasteiger partial charge in [0.25, 0.3) is 0 Å². The van der Waals surface area contributed by atoms with Crippen LogP contribution in [0.3, 0.4) is 0 Å². The Kier molecular flexibility index (Phi) is 2.70. The number of methoxy groups -OCH3 is 1. The number of nitrogens with zero attached hydrogens (tertiary/aromatic N) is 2. The molecule has 0 amide bonds. The first-order valence-electron chi connectivity index (χ1n) is 3.99. The van der Waals surface area contributed by atoms with Gasteiger partial charge in [-0.15, -0.1) is 0 Å². The molecule has 1 heterocycles. The van der Waals surface area contributed by atoms with E-state index in [1.54, 1.807) is 7.11 Å². The summed E-state index contributed by atoms with van der Waals surface area (Å²) in [5.74, 6) is 0.854. The molecule has 0 saturated carbocycles. The fraction of sp³-hybridized carbons (Fsp3) is 0.222. The van der Waals surface area contributed by atoms with Crippen LogP contribution in [0.5, 0.6) is 5.75 Å². The Hall–Kier alpha value is -0.300. The van der Waals surface area contributed by atoms with Gasteiger partial charge in [0.05, 0.1) is 18.0 Å². The van der Waals surface area contributed by atoms with Gasteiger partial charge in [-0.1, -0.05) is 15.9 Å². The molecule has 2 rings (SSSR count). The van der Waals surface area contributed by atoms with Crippen LogP contribution in [-0.2, 0) is 7.05 Å². The van der Waals surface area contributed by atoms with Gasteiger partial charge in [-0.2, -0.15) is 5.10 Å². The predicted octanol–water partition coefficient (Wildman–Crippen LogP) is 2.95. The minimum atomic E-state index is 0.854. The standard InChI is InChI=1S/C9H8BrIN2O/c1-13-9(11)8-6(12-13)3-5(10)4-7(8)14-2/h3-4H,1-2H3. The third kappa shape index (κ3) is 1.52. The van der Waals surface area contributed by atoms with Crippen LogP contribution in [-0.4, -0.2) is 16.9 Å². The number of ether oxygens (including phenoxy) is 1. The number of rotatable bonds is 1. The summed E-state index contributed by atoms with van der Waals surface area (Å²) in [6.07, 6.45) is 0. The number of aryl methyl sites for hydroxylation is 1. The molecule has 0 unspecified atom stereocenters. The quantitative estimate of drug-likeness (QED) is 0.725. The fourth-order valence-electron chi connectivity index (χ4n) is 1.38. The van der Waals surface area contributed by atoms with Crippen molar-refractivity contribution in [3.63, 3.8) is 0 Å². The van der Waals surface area contributed by atoms with Gasteiger partial charge in [0, 0.05) is 11.5 Å². The number of halogens is 2. The summed E-state index contributed by atoms with van der Waals surface area (Å²) in [6, 6.07) is 3.94. The average Bonchev–Trinajstić information content (AvgIpc) is 2.41. The third-order valence-corrected chi connectivity index (χ3v) is 3.71. The number of hydrogen-bond donors (Lipinski definition) is 0. The summed E-state index contributed by atoms with van der Waals surface area (Å²) >= 11 is 5.69. The number of benzene rings is 1. The second-order valence-corrected chi connectivity index (χ2v) is 4.85. The highest BCUT2D eigenvalue weighted by Gasteiger charge is 2.12. The lowest BCUT2D eigenvalue weighted by atomic mass is 10.2. The van der Waals surface area contributed by atoms with Gasteiger partial charge in [-0.05, 0) is 34.7 Å². The maximum Gasteiger partial charge on any atom is 0.132 e. The van der Waals surface area contributed by atoms with Crippen molar-refractivity contribution >= 4 is 49.4 Å². The second-order valence-electron chi connectivity index (χ2n) is 2.92. The molecular formula is C9H8BrIN2O. The van der Waals surface area contributed by atoms with Crippen LogP contribution in [0.4, 0.5) is 0 Å².